The molecule has 2 rings (SSSR count). The maximum Gasteiger partial charge on any atom is 0.341 e. The van der Waals surface area contributed by atoms with Gasteiger partial charge < -0.3 is 9.47 Å². The first-order valence-electron chi connectivity index (χ1n) is 6.37. The Kier molecular flexibility index (Phi) is 4.60. The molecule has 2 N–H and O–H groups in total. The molecule has 116 valence electrons. The smallest absolute Gasteiger partial charge is 0.341 e. The van der Waals surface area contributed by atoms with Crippen LogP contribution in [0.5, 0.6) is 0 Å². The van der Waals surface area contributed by atoms with E-state index in [-0.39, 0.29) is 23.0 Å². The zero-order chi connectivity index (χ0) is 15.6. The van der Waals surface area contributed by atoms with E-state index < -0.39 is 27.4 Å². The second-order valence-corrected chi connectivity index (χ2v) is 6.54. The summed E-state index contributed by atoms with van der Waals surface area (Å²) < 4.78 is 46.8. The van der Waals surface area contributed by atoms with Crippen LogP contribution in [0, 0.1) is 18.7 Å². The lowest BCUT2D eigenvalue weighted by atomic mass is 10.1. The molecular formula is C13H16FNO5S. The largest absolute Gasteiger partial charge is 0.462 e. The lowest BCUT2D eigenvalue weighted by Gasteiger charge is -2.11. The fourth-order valence-electron chi connectivity index (χ4n) is 2.04. The van der Waals surface area contributed by atoms with Gasteiger partial charge in [0.1, 0.15) is 5.82 Å². The van der Waals surface area contributed by atoms with Crippen LogP contribution in [0.2, 0.25) is 0 Å². The van der Waals surface area contributed by atoms with Crippen molar-refractivity contribution >= 4 is 16.0 Å². The van der Waals surface area contributed by atoms with Crippen LogP contribution in [-0.4, -0.2) is 34.2 Å². The highest BCUT2D eigenvalue weighted by Crippen LogP contribution is 2.20. The Morgan fingerprint density at radius 3 is 2.81 bits per heavy atom. The van der Waals surface area contributed by atoms with Gasteiger partial charge in [0.15, 0.2) is 0 Å². The lowest BCUT2D eigenvalue weighted by Crippen LogP contribution is -2.18. The van der Waals surface area contributed by atoms with E-state index in [0.29, 0.717) is 13.2 Å². The minimum Gasteiger partial charge on any atom is -0.462 e. The molecule has 1 aliphatic heterocycles. The number of aryl methyl sites for hydroxylation is 1. The monoisotopic (exact) mass is 317 g/mol. The van der Waals surface area contributed by atoms with Crippen LogP contribution < -0.4 is 5.14 Å². The average Bonchev–Trinajstić information content (AvgIpc) is 2.91. The number of nitrogens with two attached hydrogens (primary N) is 1. The maximum atomic E-state index is 14.0. The summed E-state index contributed by atoms with van der Waals surface area (Å²) in [4.78, 5) is 11.6. The van der Waals surface area contributed by atoms with Crippen LogP contribution in [0.25, 0.3) is 0 Å². The highest BCUT2D eigenvalue weighted by Gasteiger charge is 2.22. The molecule has 0 saturated carbocycles. The summed E-state index contributed by atoms with van der Waals surface area (Å²) in [6.45, 7) is 2.56. The summed E-state index contributed by atoms with van der Waals surface area (Å²) in [6.07, 6.45) is 0.770. The molecule has 0 aromatic heterocycles. The summed E-state index contributed by atoms with van der Waals surface area (Å²) in [5.41, 5.74) is -0.421. The molecule has 1 aromatic rings. The van der Waals surface area contributed by atoms with Gasteiger partial charge in [0.05, 0.1) is 23.7 Å². The number of sulfonamides is 1. The van der Waals surface area contributed by atoms with Gasteiger partial charge in [-0.3, -0.25) is 0 Å². The number of ether oxygens (including phenoxy) is 2. The van der Waals surface area contributed by atoms with E-state index >= 15 is 0 Å². The predicted molar refractivity (Wildman–Crippen MR) is 71.7 cm³/mol. The number of benzene rings is 1. The van der Waals surface area contributed by atoms with Gasteiger partial charge in [-0.25, -0.2) is 22.7 Å². The standard InChI is InChI=1S/C13H16FNO5S/c1-8-4-10(21(15,17)18)5-11(12(8)14)13(16)20-7-9-2-3-19-6-9/h4-5,9H,2-3,6-7H2,1H3,(H2,15,17,18). The Morgan fingerprint density at radius 1 is 1.52 bits per heavy atom. The van der Waals surface area contributed by atoms with Crippen LogP contribution in [0.3, 0.4) is 0 Å². The molecule has 0 bridgehead atoms. The van der Waals surface area contributed by atoms with E-state index in [1.807, 2.05) is 0 Å². The summed E-state index contributed by atoms with van der Waals surface area (Å²) >= 11 is 0. The zero-order valence-corrected chi connectivity index (χ0v) is 12.3. The Labute approximate surface area is 122 Å². The molecule has 1 saturated heterocycles. The maximum absolute atomic E-state index is 14.0. The molecule has 1 aliphatic rings. The third-order valence-corrected chi connectivity index (χ3v) is 4.14. The van der Waals surface area contributed by atoms with Gasteiger partial charge in [0.2, 0.25) is 10.0 Å². The van der Waals surface area contributed by atoms with Gasteiger partial charge in [0, 0.05) is 12.5 Å². The summed E-state index contributed by atoms with van der Waals surface area (Å²) in [5.74, 6) is -1.64. The molecule has 1 aromatic carbocycles. The van der Waals surface area contributed by atoms with Gasteiger partial charge in [-0.15, -0.1) is 0 Å². The number of hydrogen-bond donors (Lipinski definition) is 1. The van der Waals surface area contributed by atoms with Crippen molar-refractivity contribution in [1.29, 1.82) is 0 Å². The second-order valence-electron chi connectivity index (χ2n) is 4.97. The Hall–Kier alpha value is -1.51. The number of esters is 1. The number of carbonyl (C=O) groups excluding carboxylic acids is 1. The average molecular weight is 317 g/mol. The molecule has 21 heavy (non-hydrogen) atoms. The van der Waals surface area contributed by atoms with Crippen molar-refractivity contribution in [3.05, 3.63) is 29.1 Å². The van der Waals surface area contributed by atoms with Gasteiger partial charge in [-0.05, 0) is 31.0 Å². The molecule has 1 atom stereocenters. The molecule has 1 fully saturated rings. The van der Waals surface area contributed by atoms with E-state index in [9.17, 15) is 17.6 Å². The van der Waals surface area contributed by atoms with Crippen molar-refractivity contribution in [2.45, 2.75) is 18.2 Å². The summed E-state index contributed by atoms with van der Waals surface area (Å²) in [7, 11) is -4.02. The normalized spacial score (nSPS) is 18.7. The molecule has 0 spiro atoms. The van der Waals surface area contributed by atoms with Crippen molar-refractivity contribution in [2.24, 2.45) is 11.1 Å². The third kappa shape index (κ3) is 3.78. The van der Waals surface area contributed by atoms with Crippen LogP contribution in [0.1, 0.15) is 22.3 Å². The number of hydrogen-bond acceptors (Lipinski definition) is 5. The van der Waals surface area contributed by atoms with E-state index in [1.165, 1.54) is 6.92 Å². The van der Waals surface area contributed by atoms with E-state index in [0.717, 1.165) is 18.6 Å². The molecule has 0 aliphatic carbocycles. The molecule has 1 unspecified atom stereocenters. The van der Waals surface area contributed by atoms with Crippen molar-refractivity contribution in [3.63, 3.8) is 0 Å². The molecule has 6 nitrogen and oxygen atoms in total. The van der Waals surface area contributed by atoms with Crippen LogP contribution >= 0.6 is 0 Å². The molecule has 0 amide bonds. The topological polar surface area (TPSA) is 95.7 Å². The number of halogens is 1. The third-order valence-electron chi connectivity index (χ3n) is 3.25. The second kappa shape index (κ2) is 6.08. The Morgan fingerprint density at radius 2 is 2.24 bits per heavy atom. The van der Waals surface area contributed by atoms with Crippen molar-refractivity contribution in [1.82, 2.24) is 0 Å². The SMILES string of the molecule is Cc1cc(S(N)(=O)=O)cc(C(=O)OCC2CCOC2)c1F. The zero-order valence-electron chi connectivity index (χ0n) is 11.5. The quantitative estimate of drug-likeness (QED) is 0.835. The fraction of sp³-hybridized carbons (Fsp3) is 0.462. The molecule has 8 heteroatoms. The summed E-state index contributed by atoms with van der Waals surface area (Å²) in [6, 6.07) is 1.97. The van der Waals surface area contributed by atoms with Gasteiger partial charge >= 0.3 is 5.97 Å². The van der Waals surface area contributed by atoms with Crippen LogP contribution in [0.4, 0.5) is 4.39 Å². The number of primary sulfonamides is 1. The number of rotatable bonds is 4. The summed E-state index contributed by atoms with van der Waals surface area (Å²) in [5, 5.41) is 5.00. The fourth-order valence-corrected chi connectivity index (χ4v) is 2.66. The minimum absolute atomic E-state index is 0.0117. The first kappa shape index (κ1) is 15.9. The minimum atomic E-state index is -4.02. The lowest BCUT2D eigenvalue weighted by molar-refractivity contribution is 0.0422. The Bertz CT molecular complexity index is 653. The molecule has 1 heterocycles. The highest BCUT2D eigenvalue weighted by atomic mass is 32.2. The van der Waals surface area contributed by atoms with Crippen LogP contribution in [0.15, 0.2) is 17.0 Å². The van der Waals surface area contributed by atoms with E-state index in [1.54, 1.807) is 0 Å². The van der Waals surface area contributed by atoms with E-state index in [2.05, 4.69) is 0 Å². The van der Waals surface area contributed by atoms with Gasteiger partial charge in [0.25, 0.3) is 0 Å². The molecular weight excluding hydrogens is 301 g/mol. The Balaban J connectivity index is 2.21. The van der Waals surface area contributed by atoms with Gasteiger partial charge in [-0.1, -0.05) is 0 Å². The first-order valence-corrected chi connectivity index (χ1v) is 7.91. The molecule has 0 radical (unpaired) electrons. The number of carbonyl (C=O) groups is 1. The highest BCUT2D eigenvalue weighted by molar-refractivity contribution is 7.89. The van der Waals surface area contributed by atoms with E-state index in [4.69, 9.17) is 14.6 Å². The van der Waals surface area contributed by atoms with Crippen LogP contribution in [-0.2, 0) is 19.5 Å². The van der Waals surface area contributed by atoms with Crippen molar-refractivity contribution in [3.8, 4) is 0 Å². The van der Waals surface area contributed by atoms with Crippen molar-refractivity contribution in [2.75, 3.05) is 19.8 Å². The first-order chi connectivity index (χ1) is 9.79. The van der Waals surface area contributed by atoms with Gasteiger partial charge in [-0.2, -0.15) is 0 Å². The van der Waals surface area contributed by atoms with Crippen molar-refractivity contribution < 1.29 is 27.1 Å². The predicted octanol–water partition coefficient (Wildman–Crippen LogP) is 0.975.